The third-order valence-corrected chi connectivity index (χ3v) is 2.76. The maximum Gasteiger partial charge on any atom is 0.218 e. The minimum Gasteiger partial charge on any atom is -0.312 e. The van der Waals surface area contributed by atoms with Gasteiger partial charge in [-0.05, 0) is 27.6 Å². The number of carbonyl (C=O) groups is 1. The van der Waals surface area contributed by atoms with Crippen LogP contribution in [0.25, 0.3) is 0 Å². The van der Waals surface area contributed by atoms with E-state index in [-0.39, 0.29) is 0 Å². The second-order valence-corrected chi connectivity index (χ2v) is 3.65. The summed E-state index contributed by atoms with van der Waals surface area (Å²) in [5.41, 5.74) is 2.36. The van der Waals surface area contributed by atoms with Crippen molar-refractivity contribution in [2.45, 2.75) is 13.0 Å². The van der Waals surface area contributed by atoms with Gasteiger partial charge in [-0.3, -0.25) is 9.36 Å². The fourth-order valence-corrected chi connectivity index (χ4v) is 2.13. The van der Waals surface area contributed by atoms with Gasteiger partial charge in [-0.15, -0.1) is 0 Å². The van der Waals surface area contributed by atoms with Crippen LogP contribution in [0.15, 0.2) is 10.7 Å². The molecule has 1 aromatic heterocycles. The molecule has 0 atom stereocenters. The first-order chi connectivity index (χ1) is 5.83. The van der Waals surface area contributed by atoms with Gasteiger partial charge in [-0.25, -0.2) is 0 Å². The van der Waals surface area contributed by atoms with Crippen LogP contribution in [-0.4, -0.2) is 17.5 Å². The minimum atomic E-state index is 0.853. The lowest BCUT2D eigenvalue weighted by atomic mass is 10.1. The Morgan fingerprint density at radius 2 is 2.50 bits per heavy atom. The fourth-order valence-electron chi connectivity index (χ4n) is 1.56. The van der Waals surface area contributed by atoms with E-state index in [0.29, 0.717) is 0 Å². The highest BCUT2D eigenvalue weighted by Gasteiger charge is 2.15. The van der Waals surface area contributed by atoms with Crippen molar-refractivity contribution in [1.29, 1.82) is 0 Å². The number of nitrogens with one attached hydrogen (secondary N) is 1. The van der Waals surface area contributed by atoms with Crippen molar-refractivity contribution in [2.24, 2.45) is 0 Å². The zero-order valence-electron chi connectivity index (χ0n) is 6.51. The van der Waals surface area contributed by atoms with E-state index in [0.717, 1.165) is 36.2 Å². The molecule has 0 amide bonds. The highest BCUT2D eigenvalue weighted by Crippen LogP contribution is 2.21. The lowest BCUT2D eigenvalue weighted by Gasteiger charge is -2.13. The lowest BCUT2D eigenvalue weighted by Crippen LogP contribution is -2.24. The molecule has 0 aromatic carbocycles. The molecule has 64 valence electrons. The van der Waals surface area contributed by atoms with Crippen molar-refractivity contribution in [1.82, 2.24) is 9.88 Å². The van der Waals surface area contributed by atoms with Crippen molar-refractivity contribution in [2.75, 3.05) is 6.54 Å². The van der Waals surface area contributed by atoms with E-state index in [1.54, 1.807) is 4.57 Å². The molecule has 3 nitrogen and oxygen atoms in total. The molecule has 0 bridgehead atoms. The quantitative estimate of drug-likeness (QED) is 0.727. The summed E-state index contributed by atoms with van der Waals surface area (Å²) in [5.74, 6) is 0. The van der Waals surface area contributed by atoms with Gasteiger partial charge in [0, 0.05) is 25.2 Å². The molecule has 0 radical (unpaired) electrons. The van der Waals surface area contributed by atoms with Gasteiger partial charge in [-0.2, -0.15) is 0 Å². The molecule has 4 heteroatoms. The van der Waals surface area contributed by atoms with E-state index in [1.807, 2.05) is 6.07 Å². The number of rotatable bonds is 1. The Balaban J connectivity index is 2.53. The molecule has 0 saturated carbocycles. The van der Waals surface area contributed by atoms with E-state index < -0.39 is 0 Å². The second kappa shape index (κ2) is 3.03. The summed E-state index contributed by atoms with van der Waals surface area (Å²) in [6, 6.07) is 2.00. The molecule has 0 unspecified atom stereocenters. The number of nitrogens with zero attached hydrogens (tertiary/aromatic N) is 1. The summed E-state index contributed by atoms with van der Waals surface area (Å²) >= 11 is 3.34. The lowest BCUT2D eigenvalue weighted by molar-refractivity contribution is 0.541. The average molecular weight is 229 g/mol. The summed E-state index contributed by atoms with van der Waals surface area (Å²) in [7, 11) is 0. The van der Waals surface area contributed by atoms with Crippen LogP contribution in [0.3, 0.4) is 0 Å². The van der Waals surface area contributed by atoms with Crippen LogP contribution in [0.2, 0.25) is 0 Å². The molecule has 0 fully saturated rings. The molecular formula is C8H9BrN2O. The first-order valence-electron chi connectivity index (χ1n) is 3.87. The molecule has 1 aliphatic heterocycles. The predicted octanol–water partition coefficient (Wildman–Crippen LogP) is 0.935. The van der Waals surface area contributed by atoms with Gasteiger partial charge in [0.1, 0.15) is 0 Å². The third kappa shape index (κ3) is 1.11. The van der Waals surface area contributed by atoms with Gasteiger partial charge in [0.05, 0.1) is 4.60 Å². The smallest absolute Gasteiger partial charge is 0.218 e. The standard InChI is InChI=1S/C8H9BrN2O/c9-8-3-6-4-10-2-1-7(6)11(8)5-12/h3,5,10H,1-2,4H2. The number of fused-ring (bicyclic) bond motifs is 1. The SMILES string of the molecule is O=Cn1c(Br)cc2c1CCNC2. The van der Waals surface area contributed by atoms with Crippen LogP contribution in [0.4, 0.5) is 0 Å². The summed E-state index contributed by atoms with van der Waals surface area (Å²) in [5, 5.41) is 3.26. The van der Waals surface area contributed by atoms with Gasteiger partial charge in [0.15, 0.2) is 0 Å². The van der Waals surface area contributed by atoms with Crippen molar-refractivity contribution < 1.29 is 4.79 Å². The van der Waals surface area contributed by atoms with E-state index in [2.05, 4.69) is 21.2 Å². The summed E-state index contributed by atoms with van der Waals surface area (Å²) in [6.45, 7) is 1.83. The first kappa shape index (κ1) is 8.01. The van der Waals surface area contributed by atoms with Crippen molar-refractivity contribution in [3.63, 3.8) is 0 Å². The molecule has 1 aliphatic rings. The van der Waals surface area contributed by atoms with Crippen molar-refractivity contribution >= 4 is 22.3 Å². The number of halogens is 1. The topological polar surface area (TPSA) is 34.0 Å². The molecule has 2 rings (SSSR count). The number of carbonyl (C=O) groups excluding carboxylic acids is 1. The molecule has 0 saturated heterocycles. The zero-order chi connectivity index (χ0) is 8.55. The van der Waals surface area contributed by atoms with E-state index in [4.69, 9.17) is 0 Å². The highest BCUT2D eigenvalue weighted by molar-refractivity contribution is 9.10. The Labute approximate surface area is 78.9 Å². The van der Waals surface area contributed by atoms with E-state index in [1.165, 1.54) is 5.56 Å². The Morgan fingerprint density at radius 1 is 1.67 bits per heavy atom. The van der Waals surface area contributed by atoms with Gasteiger partial charge in [0.25, 0.3) is 0 Å². The third-order valence-electron chi connectivity index (χ3n) is 2.14. The molecule has 0 aliphatic carbocycles. The minimum absolute atomic E-state index is 0.853. The van der Waals surface area contributed by atoms with Gasteiger partial charge in [0.2, 0.25) is 6.41 Å². The Bertz CT molecular complexity index is 319. The Morgan fingerprint density at radius 3 is 3.25 bits per heavy atom. The van der Waals surface area contributed by atoms with Crippen LogP contribution in [0.5, 0.6) is 0 Å². The monoisotopic (exact) mass is 228 g/mol. The average Bonchev–Trinajstić information content (AvgIpc) is 2.40. The number of hydrogen-bond donors (Lipinski definition) is 1. The molecule has 1 aromatic rings. The van der Waals surface area contributed by atoms with Crippen LogP contribution in [0, 0.1) is 0 Å². The fraction of sp³-hybridized carbons (Fsp3) is 0.375. The molecular weight excluding hydrogens is 220 g/mol. The van der Waals surface area contributed by atoms with Crippen LogP contribution in [0.1, 0.15) is 11.3 Å². The normalized spacial score (nSPS) is 15.8. The molecule has 2 heterocycles. The summed E-state index contributed by atoms with van der Waals surface area (Å²) in [6.07, 6.45) is 1.79. The second-order valence-electron chi connectivity index (χ2n) is 2.84. The van der Waals surface area contributed by atoms with Crippen molar-refractivity contribution in [3.8, 4) is 0 Å². The van der Waals surface area contributed by atoms with E-state index >= 15 is 0 Å². The predicted molar refractivity (Wildman–Crippen MR) is 49.7 cm³/mol. The molecule has 0 spiro atoms. The van der Waals surface area contributed by atoms with Crippen LogP contribution in [-0.2, 0) is 17.8 Å². The van der Waals surface area contributed by atoms with Gasteiger partial charge >= 0.3 is 0 Å². The Kier molecular flexibility index (Phi) is 2.02. The first-order valence-corrected chi connectivity index (χ1v) is 4.66. The maximum absolute atomic E-state index is 10.7. The van der Waals surface area contributed by atoms with Crippen LogP contribution >= 0.6 is 15.9 Å². The largest absolute Gasteiger partial charge is 0.312 e. The van der Waals surface area contributed by atoms with Gasteiger partial charge in [-0.1, -0.05) is 0 Å². The Hall–Kier alpha value is -0.610. The van der Waals surface area contributed by atoms with Crippen molar-refractivity contribution in [3.05, 3.63) is 21.9 Å². The maximum atomic E-state index is 10.7. The summed E-state index contributed by atoms with van der Waals surface area (Å²) < 4.78 is 2.52. The molecule has 12 heavy (non-hydrogen) atoms. The van der Waals surface area contributed by atoms with Crippen LogP contribution < -0.4 is 5.32 Å². The zero-order valence-corrected chi connectivity index (χ0v) is 8.10. The van der Waals surface area contributed by atoms with Gasteiger partial charge < -0.3 is 5.32 Å². The summed E-state index contributed by atoms with van der Waals surface area (Å²) in [4.78, 5) is 10.7. The molecule has 1 N–H and O–H groups in total. The highest BCUT2D eigenvalue weighted by atomic mass is 79.9. The number of hydrogen-bond acceptors (Lipinski definition) is 2. The number of aromatic nitrogens is 1. The van der Waals surface area contributed by atoms with E-state index in [9.17, 15) is 4.79 Å².